The van der Waals surface area contributed by atoms with Crippen LogP contribution in [-0.4, -0.2) is 25.9 Å². The highest BCUT2D eigenvalue weighted by Crippen LogP contribution is 2.37. The van der Waals surface area contributed by atoms with Gasteiger partial charge in [0.2, 0.25) is 0 Å². The van der Waals surface area contributed by atoms with E-state index in [1.54, 1.807) is 6.92 Å². The highest BCUT2D eigenvalue weighted by atomic mass is 19.1. The fourth-order valence-corrected chi connectivity index (χ4v) is 2.60. The van der Waals surface area contributed by atoms with Crippen LogP contribution < -0.4 is 5.73 Å². The first-order chi connectivity index (χ1) is 10.0. The van der Waals surface area contributed by atoms with Crippen molar-refractivity contribution < 1.29 is 13.9 Å². The maximum Gasteiger partial charge on any atom is 0.188 e. The quantitative estimate of drug-likeness (QED) is 0.845. The molecule has 2 aromatic rings. The van der Waals surface area contributed by atoms with Crippen molar-refractivity contribution in [1.29, 1.82) is 0 Å². The molecule has 0 unspecified atom stereocenters. The van der Waals surface area contributed by atoms with Gasteiger partial charge in [0.15, 0.2) is 22.8 Å². The Hall–Kier alpha value is -2.46. The monoisotopic (exact) mass is 288 g/mol. The largest absolute Gasteiger partial charge is 0.383 e. The second-order valence-electron chi connectivity index (χ2n) is 4.87. The lowest BCUT2D eigenvalue weighted by Crippen LogP contribution is -2.33. The Bertz CT molecular complexity index is 779. The van der Waals surface area contributed by atoms with Crippen LogP contribution in [0.4, 0.5) is 10.2 Å². The molecule has 1 fully saturated rings. The second-order valence-corrected chi connectivity index (χ2v) is 4.87. The number of nitrogens with zero attached hydrogens (tertiary/aromatic N) is 3. The van der Waals surface area contributed by atoms with Gasteiger partial charge < -0.3 is 15.0 Å². The molecule has 0 saturated carbocycles. The number of carbonyl (C=O) groups excluding carboxylic acids is 1. The molecule has 3 rings (SSSR count). The summed E-state index contributed by atoms with van der Waals surface area (Å²) in [5.41, 5.74) is 4.68. The molecule has 0 aliphatic carbocycles. The van der Waals surface area contributed by atoms with Crippen molar-refractivity contribution in [2.24, 2.45) is 0 Å². The van der Waals surface area contributed by atoms with Crippen LogP contribution in [0.25, 0.3) is 11.0 Å². The summed E-state index contributed by atoms with van der Waals surface area (Å²) in [6.45, 7) is 1.77. The molecule has 0 bridgehead atoms. The molecule has 7 heteroatoms. The molecule has 3 heterocycles. The van der Waals surface area contributed by atoms with Gasteiger partial charge in [0, 0.05) is 6.20 Å². The number of rotatable bonds is 2. The van der Waals surface area contributed by atoms with Crippen molar-refractivity contribution >= 4 is 22.6 Å². The molecular formula is C14H13FN4O2. The van der Waals surface area contributed by atoms with Crippen LogP contribution in [0.15, 0.2) is 12.5 Å². The highest BCUT2D eigenvalue weighted by Gasteiger charge is 2.46. The Morgan fingerprint density at radius 2 is 2.43 bits per heavy atom. The van der Waals surface area contributed by atoms with E-state index in [0.29, 0.717) is 6.42 Å². The lowest BCUT2D eigenvalue weighted by atomic mass is 9.97. The van der Waals surface area contributed by atoms with Gasteiger partial charge in [-0.2, -0.15) is 0 Å². The minimum Gasteiger partial charge on any atom is -0.383 e. The number of aromatic nitrogens is 3. The first-order valence-corrected chi connectivity index (χ1v) is 6.48. The van der Waals surface area contributed by atoms with Gasteiger partial charge in [-0.05, 0) is 6.42 Å². The second kappa shape index (κ2) is 4.53. The van der Waals surface area contributed by atoms with E-state index in [1.165, 1.54) is 17.1 Å². The Kier molecular flexibility index (Phi) is 2.92. The van der Waals surface area contributed by atoms with Gasteiger partial charge in [-0.15, -0.1) is 6.42 Å². The number of terminal acetylenes is 1. The van der Waals surface area contributed by atoms with E-state index in [0.717, 1.165) is 0 Å². The van der Waals surface area contributed by atoms with Crippen LogP contribution in [0.1, 0.15) is 26.0 Å². The summed E-state index contributed by atoms with van der Waals surface area (Å²) in [4.78, 5) is 19.9. The number of anilines is 1. The number of hydrogen-bond donors (Lipinski definition) is 1. The lowest BCUT2D eigenvalue weighted by Gasteiger charge is -2.20. The van der Waals surface area contributed by atoms with Crippen molar-refractivity contribution in [3.63, 3.8) is 0 Å². The van der Waals surface area contributed by atoms with Crippen molar-refractivity contribution in [1.82, 2.24) is 14.5 Å². The van der Waals surface area contributed by atoms with Gasteiger partial charge in [0.05, 0.1) is 11.8 Å². The molecule has 1 saturated heterocycles. The fraction of sp³-hybridized carbons (Fsp3) is 0.357. The summed E-state index contributed by atoms with van der Waals surface area (Å²) < 4.78 is 21.2. The molecule has 108 valence electrons. The zero-order chi connectivity index (χ0) is 15.2. The molecule has 1 aliphatic heterocycles. The number of hydrogen-bond acceptors (Lipinski definition) is 5. The number of Topliss-reactive ketones (excluding diaryl/α,β-unsaturated/α-hetero) is 1. The minimum absolute atomic E-state index is 0.0410. The summed E-state index contributed by atoms with van der Waals surface area (Å²) in [5, 5.41) is 0.114. The SMILES string of the molecule is C#C[C@]1(CC)O[C@@H](n2cc(F)c3c(N)ncnc32)CC1=O. The van der Waals surface area contributed by atoms with Crippen LogP contribution >= 0.6 is 0 Å². The average Bonchev–Trinajstić information content (AvgIpc) is 2.98. The van der Waals surface area contributed by atoms with E-state index in [9.17, 15) is 9.18 Å². The van der Waals surface area contributed by atoms with Gasteiger partial charge in [-0.1, -0.05) is 12.8 Å². The Balaban J connectivity index is 2.10. The van der Waals surface area contributed by atoms with E-state index in [-0.39, 0.29) is 29.1 Å². The predicted molar refractivity (Wildman–Crippen MR) is 73.5 cm³/mol. The molecule has 21 heavy (non-hydrogen) atoms. The first kappa shape index (κ1) is 13.5. The zero-order valence-corrected chi connectivity index (χ0v) is 11.3. The molecule has 0 aromatic carbocycles. The predicted octanol–water partition coefficient (Wildman–Crippen LogP) is 1.42. The lowest BCUT2D eigenvalue weighted by molar-refractivity contribution is -0.128. The van der Waals surface area contributed by atoms with Crippen LogP contribution in [0.2, 0.25) is 0 Å². The van der Waals surface area contributed by atoms with Crippen molar-refractivity contribution in [3.05, 3.63) is 18.3 Å². The topological polar surface area (TPSA) is 83.0 Å². The van der Waals surface area contributed by atoms with Crippen LogP contribution in [-0.2, 0) is 9.53 Å². The van der Waals surface area contributed by atoms with Crippen LogP contribution in [0.5, 0.6) is 0 Å². The number of nitrogen functional groups attached to an aromatic ring is 1. The van der Waals surface area contributed by atoms with E-state index in [1.807, 2.05) is 0 Å². The van der Waals surface area contributed by atoms with E-state index >= 15 is 0 Å². The molecule has 0 spiro atoms. The minimum atomic E-state index is -1.25. The number of carbonyl (C=O) groups is 1. The van der Waals surface area contributed by atoms with Gasteiger partial charge in [0.1, 0.15) is 18.4 Å². The smallest absolute Gasteiger partial charge is 0.188 e. The van der Waals surface area contributed by atoms with E-state index < -0.39 is 17.6 Å². The van der Waals surface area contributed by atoms with Gasteiger partial charge in [-0.3, -0.25) is 4.79 Å². The molecule has 6 nitrogen and oxygen atoms in total. The summed E-state index contributed by atoms with van der Waals surface area (Å²) in [6.07, 6.45) is 7.59. The fourth-order valence-electron chi connectivity index (χ4n) is 2.60. The number of ether oxygens (including phenoxy) is 1. The average molecular weight is 288 g/mol. The van der Waals surface area contributed by atoms with E-state index in [2.05, 4.69) is 15.9 Å². The molecule has 1 aliphatic rings. The maximum absolute atomic E-state index is 14.0. The normalized spacial score (nSPS) is 25.4. The summed E-state index contributed by atoms with van der Waals surface area (Å²) >= 11 is 0. The van der Waals surface area contributed by atoms with Gasteiger partial charge >= 0.3 is 0 Å². The van der Waals surface area contributed by atoms with E-state index in [4.69, 9.17) is 16.9 Å². The zero-order valence-electron chi connectivity index (χ0n) is 11.3. The number of halogens is 1. The van der Waals surface area contributed by atoms with Gasteiger partial charge in [0.25, 0.3) is 0 Å². The molecule has 0 amide bonds. The third-order valence-corrected chi connectivity index (χ3v) is 3.78. The Morgan fingerprint density at radius 3 is 3.05 bits per heavy atom. The van der Waals surface area contributed by atoms with Crippen molar-refractivity contribution in [2.45, 2.75) is 31.6 Å². The maximum atomic E-state index is 14.0. The van der Waals surface area contributed by atoms with Crippen LogP contribution in [0, 0.1) is 18.2 Å². The summed E-state index contributed by atoms with van der Waals surface area (Å²) in [5.74, 6) is 1.69. The number of ketones is 1. The first-order valence-electron chi connectivity index (χ1n) is 6.48. The molecular weight excluding hydrogens is 275 g/mol. The molecule has 2 N–H and O–H groups in total. The van der Waals surface area contributed by atoms with Gasteiger partial charge in [-0.25, -0.2) is 14.4 Å². The standard InChI is InChI=1S/C14H13FN4O2/c1-3-14(4-2)9(20)5-10(21-14)19-6-8(15)11-12(16)17-7-18-13(11)19/h1,6-7,10H,4-5H2,2H3,(H2,16,17,18)/t10-,14-/m1/s1. The van der Waals surface area contributed by atoms with Crippen molar-refractivity contribution in [2.75, 3.05) is 5.73 Å². The summed E-state index contributed by atoms with van der Waals surface area (Å²) in [7, 11) is 0. The number of fused-ring (bicyclic) bond motifs is 1. The third-order valence-electron chi connectivity index (χ3n) is 3.78. The Labute approximate surface area is 120 Å². The molecule has 2 aromatic heterocycles. The number of nitrogens with two attached hydrogens (primary N) is 1. The molecule has 0 radical (unpaired) electrons. The third kappa shape index (κ3) is 1.80. The van der Waals surface area contributed by atoms with Crippen molar-refractivity contribution in [3.8, 4) is 12.3 Å². The summed E-state index contributed by atoms with van der Waals surface area (Å²) in [6, 6.07) is 0. The highest BCUT2D eigenvalue weighted by molar-refractivity contribution is 5.93. The molecule has 2 atom stereocenters. The van der Waals surface area contributed by atoms with Crippen LogP contribution in [0.3, 0.4) is 0 Å². The Morgan fingerprint density at radius 1 is 1.67 bits per heavy atom.